The van der Waals surface area contributed by atoms with E-state index in [9.17, 15) is 9.59 Å². The fourth-order valence-electron chi connectivity index (χ4n) is 2.48. The fourth-order valence-corrected chi connectivity index (χ4v) is 4.53. The van der Waals surface area contributed by atoms with E-state index in [4.69, 9.17) is 4.74 Å². The minimum atomic E-state index is -0.285. The molecular formula is C18H18N2O3S2. The van der Waals surface area contributed by atoms with Crippen LogP contribution in [0.2, 0.25) is 0 Å². The zero-order valence-corrected chi connectivity index (χ0v) is 15.6. The molecule has 5 nitrogen and oxygen atoms in total. The van der Waals surface area contributed by atoms with Gasteiger partial charge in [0.2, 0.25) is 0 Å². The molecule has 0 bridgehead atoms. The molecule has 0 spiro atoms. The molecule has 130 valence electrons. The quantitative estimate of drug-likeness (QED) is 0.383. The number of nitrogens with zero attached hydrogens (tertiary/aromatic N) is 1. The lowest BCUT2D eigenvalue weighted by molar-refractivity contribution is -0.142. The number of hydrogen-bond donors (Lipinski definition) is 1. The van der Waals surface area contributed by atoms with Gasteiger partial charge < -0.3 is 9.72 Å². The van der Waals surface area contributed by atoms with Crippen LogP contribution in [0.3, 0.4) is 0 Å². The van der Waals surface area contributed by atoms with Crippen molar-refractivity contribution in [3.63, 3.8) is 0 Å². The maximum atomic E-state index is 12.8. The molecule has 0 aliphatic heterocycles. The Morgan fingerprint density at radius 3 is 2.96 bits per heavy atom. The first-order valence-corrected chi connectivity index (χ1v) is 9.71. The molecule has 0 radical (unpaired) electrons. The molecule has 0 saturated heterocycles. The fraction of sp³-hybridized carbons (Fsp3) is 0.278. The third-order valence-electron chi connectivity index (χ3n) is 3.66. The Balaban J connectivity index is 1.68. The molecule has 0 unspecified atom stereocenters. The van der Waals surface area contributed by atoms with Crippen molar-refractivity contribution in [3.05, 3.63) is 47.1 Å². The van der Waals surface area contributed by atoms with Crippen LogP contribution in [0.1, 0.15) is 29.9 Å². The van der Waals surface area contributed by atoms with Gasteiger partial charge in [-0.3, -0.25) is 9.59 Å². The highest BCUT2D eigenvalue weighted by molar-refractivity contribution is 8.02. The second-order valence-corrected chi connectivity index (χ2v) is 7.90. The van der Waals surface area contributed by atoms with Crippen molar-refractivity contribution in [1.29, 1.82) is 0 Å². The van der Waals surface area contributed by atoms with Crippen LogP contribution in [0.4, 0.5) is 0 Å². The van der Waals surface area contributed by atoms with Gasteiger partial charge in [0.25, 0.3) is 0 Å². The van der Waals surface area contributed by atoms with Crippen molar-refractivity contribution in [2.45, 2.75) is 29.9 Å². The van der Waals surface area contributed by atoms with Gasteiger partial charge in [-0.05, 0) is 19.9 Å². The maximum Gasteiger partial charge on any atom is 0.311 e. The summed E-state index contributed by atoms with van der Waals surface area (Å²) in [6.45, 7) is 4.01. The topological polar surface area (TPSA) is 72.1 Å². The van der Waals surface area contributed by atoms with Crippen LogP contribution in [0, 0.1) is 0 Å². The number of ketones is 1. The number of hydrogen-bond acceptors (Lipinski definition) is 6. The summed E-state index contributed by atoms with van der Waals surface area (Å²) in [5, 5.41) is 2.50. The van der Waals surface area contributed by atoms with E-state index >= 15 is 0 Å². The van der Waals surface area contributed by atoms with Gasteiger partial charge >= 0.3 is 5.97 Å². The molecule has 2 aromatic heterocycles. The SMILES string of the molecule is CCOC(=O)Cc1csc(S[C@@H](C)C(=O)c2c[nH]c3ccccc23)n1. The highest BCUT2D eigenvalue weighted by Gasteiger charge is 2.21. The van der Waals surface area contributed by atoms with Gasteiger partial charge in [-0.25, -0.2) is 4.98 Å². The van der Waals surface area contributed by atoms with Crippen LogP contribution in [-0.2, 0) is 16.0 Å². The van der Waals surface area contributed by atoms with E-state index in [2.05, 4.69) is 9.97 Å². The standard InChI is InChI=1S/C18H18N2O3S2/c1-3-23-16(21)8-12-10-24-18(20-12)25-11(2)17(22)14-9-19-15-7-5-4-6-13(14)15/h4-7,9-11,19H,3,8H2,1-2H3/t11-/m0/s1. The zero-order valence-electron chi connectivity index (χ0n) is 13.9. The molecule has 1 atom stereocenters. The number of Topliss-reactive ketones (excluding diaryl/α,β-unsaturated/α-hetero) is 1. The molecule has 3 rings (SSSR count). The van der Waals surface area contributed by atoms with Crippen molar-refractivity contribution in [1.82, 2.24) is 9.97 Å². The number of fused-ring (bicyclic) bond motifs is 1. The van der Waals surface area contributed by atoms with Crippen molar-refractivity contribution < 1.29 is 14.3 Å². The molecule has 25 heavy (non-hydrogen) atoms. The summed E-state index contributed by atoms with van der Waals surface area (Å²) in [7, 11) is 0. The van der Waals surface area contributed by atoms with Crippen LogP contribution < -0.4 is 0 Å². The van der Waals surface area contributed by atoms with Crippen molar-refractivity contribution in [2.75, 3.05) is 6.61 Å². The summed E-state index contributed by atoms with van der Waals surface area (Å²) in [5.41, 5.74) is 2.32. The summed E-state index contributed by atoms with van der Waals surface area (Å²) in [4.78, 5) is 31.8. The molecular weight excluding hydrogens is 356 g/mol. The first-order valence-electron chi connectivity index (χ1n) is 7.95. The van der Waals surface area contributed by atoms with Gasteiger partial charge in [0.15, 0.2) is 10.1 Å². The van der Waals surface area contributed by atoms with E-state index in [1.54, 1.807) is 13.1 Å². The van der Waals surface area contributed by atoms with E-state index in [-0.39, 0.29) is 23.4 Å². The summed E-state index contributed by atoms with van der Waals surface area (Å²) >= 11 is 2.85. The number of aromatic nitrogens is 2. The van der Waals surface area contributed by atoms with Gasteiger partial charge in [-0.2, -0.15) is 0 Å². The van der Waals surface area contributed by atoms with E-state index in [0.29, 0.717) is 17.9 Å². The summed E-state index contributed by atoms with van der Waals surface area (Å²) in [6, 6.07) is 7.75. The number of aromatic amines is 1. The first-order chi connectivity index (χ1) is 12.1. The number of carbonyl (C=O) groups excluding carboxylic acids is 2. The van der Waals surface area contributed by atoms with Gasteiger partial charge in [0.05, 0.1) is 24.0 Å². The van der Waals surface area contributed by atoms with E-state index in [0.717, 1.165) is 15.2 Å². The Labute approximate surface area is 153 Å². The average Bonchev–Trinajstić information content (AvgIpc) is 3.21. The van der Waals surface area contributed by atoms with E-state index < -0.39 is 0 Å². The van der Waals surface area contributed by atoms with Crippen molar-refractivity contribution >= 4 is 45.8 Å². The normalized spacial score (nSPS) is 12.2. The highest BCUT2D eigenvalue weighted by atomic mass is 32.2. The number of thioether (sulfide) groups is 1. The summed E-state index contributed by atoms with van der Waals surface area (Å²) in [5.74, 6) is -0.225. The van der Waals surface area contributed by atoms with Crippen LogP contribution in [0.15, 0.2) is 40.2 Å². The molecule has 3 aromatic rings. The van der Waals surface area contributed by atoms with Gasteiger partial charge in [0, 0.05) is 28.0 Å². The lowest BCUT2D eigenvalue weighted by atomic mass is 10.1. The second-order valence-electron chi connectivity index (χ2n) is 5.46. The number of thiazole rings is 1. The van der Waals surface area contributed by atoms with Crippen LogP contribution in [-0.4, -0.2) is 33.6 Å². The predicted octanol–water partition coefficient (Wildman–Crippen LogP) is 4.09. The number of ether oxygens (including phenoxy) is 1. The molecule has 0 fully saturated rings. The molecule has 7 heteroatoms. The number of para-hydroxylation sites is 1. The van der Waals surface area contributed by atoms with Crippen molar-refractivity contribution in [2.24, 2.45) is 0 Å². The molecule has 0 aliphatic rings. The minimum absolute atomic E-state index is 0.0598. The molecule has 1 aromatic carbocycles. The van der Waals surface area contributed by atoms with Crippen LogP contribution >= 0.6 is 23.1 Å². The largest absolute Gasteiger partial charge is 0.466 e. The number of benzene rings is 1. The third-order valence-corrected chi connectivity index (χ3v) is 5.78. The molecule has 1 N–H and O–H groups in total. The maximum absolute atomic E-state index is 12.8. The molecule has 0 aliphatic carbocycles. The predicted molar refractivity (Wildman–Crippen MR) is 100 cm³/mol. The van der Waals surface area contributed by atoms with Gasteiger partial charge in [-0.15, -0.1) is 11.3 Å². The Morgan fingerprint density at radius 1 is 1.36 bits per heavy atom. The van der Waals surface area contributed by atoms with Crippen molar-refractivity contribution in [3.8, 4) is 0 Å². The number of rotatable bonds is 7. The van der Waals surface area contributed by atoms with Crippen LogP contribution in [0.5, 0.6) is 0 Å². The van der Waals surface area contributed by atoms with Gasteiger partial charge in [-0.1, -0.05) is 30.0 Å². The molecule has 0 amide bonds. The molecule has 0 saturated carbocycles. The Bertz CT molecular complexity index is 901. The Hall–Kier alpha value is -2.12. The minimum Gasteiger partial charge on any atom is -0.466 e. The zero-order chi connectivity index (χ0) is 17.8. The average molecular weight is 374 g/mol. The lowest BCUT2D eigenvalue weighted by Gasteiger charge is -2.07. The second kappa shape index (κ2) is 7.84. The number of H-pyrrole nitrogens is 1. The highest BCUT2D eigenvalue weighted by Crippen LogP contribution is 2.30. The Kier molecular flexibility index (Phi) is 5.55. The summed E-state index contributed by atoms with van der Waals surface area (Å²) < 4.78 is 5.70. The van der Waals surface area contributed by atoms with E-state index in [1.165, 1.54) is 23.1 Å². The first kappa shape index (κ1) is 17.7. The smallest absolute Gasteiger partial charge is 0.311 e. The number of carbonyl (C=O) groups is 2. The van der Waals surface area contributed by atoms with Gasteiger partial charge in [0.1, 0.15) is 0 Å². The van der Waals surface area contributed by atoms with Crippen LogP contribution in [0.25, 0.3) is 10.9 Å². The number of esters is 1. The number of nitrogens with one attached hydrogen (secondary N) is 1. The third kappa shape index (κ3) is 4.11. The monoisotopic (exact) mass is 374 g/mol. The Morgan fingerprint density at radius 2 is 2.16 bits per heavy atom. The lowest BCUT2D eigenvalue weighted by Crippen LogP contribution is -2.13. The molecule has 2 heterocycles. The summed E-state index contributed by atoms with van der Waals surface area (Å²) in [6.07, 6.45) is 1.92. The van der Waals surface area contributed by atoms with E-state index in [1.807, 2.05) is 36.6 Å².